The van der Waals surface area contributed by atoms with Crippen molar-refractivity contribution < 1.29 is 14.1 Å². The Hall–Kier alpha value is -2.31. The lowest BCUT2D eigenvalue weighted by atomic mass is 10.2. The second kappa shape index (κ2) is 7.80. The SMILES string of the molecule is C=CCN(CC(=O)Nc1ccon1)C(=O)c1cc(Cl)cc(Cl)c1. The summed E-state index contributed by atoms with van der Waals surface area (Å²) in [6.45, 7) is 3.60. The van der Waals surface area contributed by atoms with Crippen molar-refractivity contribution in [3.05, 3.63) is 58.8 Å². The zero-order valence-electron chi connectivity index (χ0n) is 12.0. The predicted molar refractivity (Wildman–Crippen MR) is 87.7 cm³/mol. The number of hydrogen-bond donors (Lipinski definition) is 1. The highest BCUT2D eigenvalue weighted by atomic mass is 35.5. The molecule has 6 nitrogen and oxygen atoms in total. The summed E-state index contributed by atoms with van der Waals surface area (Å²) in [5.41, 5.74) is 0.290. The number of nitrogens with zero attached hydrogens (tertiary/aromatic N) is 2. The van der Waals surface area contributed by atoms with Crippen molar-refractivity contribution in [2.45, 2.75) is 0 Å². The van der Waals surface area contributed by atoms with E-state index in [1.54, 1.807) is 0 Å². The zero-order chi connectivity index (χ0) is 16.8. The molecule has 0 unspecified atom stereocenters. The van der Waals surface area contributed by atoms with E-state index in [9.17, 15) is 9.59 Å². The Morgan fingerprint density at radius 1 is 1.30 bits per heavy atom. The van der Waals surface area contributed by atoms with Gasteiger partial charge in [0.1, 0.15) is 12.8 Å². The standard InChI is InChI=1S/C15H13Cl2N3O3/c1-2-4-20(9-14(21)18-13-3-5-23-19-13)15(22)10-6-11(16)8-12(17)7-10/h2-3,5-8H,1,4,9H2,(H,18,19,21). The Labute approximate surface area is 142 Å². The fourth-order valence-corrected chi connectivity index (χ4v) is 2.39. The van der Waals surface area contributed by atoms with Crippen LogP contribution in [0.25, 0.3) is 0 Å². The molecule has 8 heteroatoms. The normalized spacial score (nSPS) is 10.2. The van der Waals surface area contributed by atoms with E-state index in [4.69, 9.17) is 23.2 Å². The molecule has 23 heavy (non-hydrogen) atoms. The van der Waals surface area contributed by atoms with E-state index in [1.807, 2.05) is 0 Å². The van der Waals surface area contributed by atoms with Gasteiger partial charge in [-0.05, 0) is 18.2 Å². The van der Waals surface area contributed by atoms with E-state index in [0.717, 1.165) is 0 Å². The first-order chi connectivity index (χ1) is 11.0. The molecular formula is C15H13Cl2N3O3. The van der Waals surface area contributed by atoms with Gasteiger partial charge in [-0.2, -0.15) is 0 Å². The first-order valence-corrected chi connectivity index (χ1v) is 7.31. The number of rotatable bonds is 6. The Kier molecular flexibility index (Phi) is 5.78. The Bertz CT molecular complexity index is 697. The summed E-state index contributed by atoms with van der Waals surface area (Å²) in [4.78, 5) is 25.8. The lowest BCUT2D eigenvalue weighted by molar-refractivity contribution is -0.116. The molecule has 2 aromatic rings. The molecule has 0 saturated heterocycles. The summed E-state index contributed by atoms with van der Waals surface area (Å²) < 4.78 is 4.62. The summed E-state index contributed by atoms with van der Waals surface area (Å²) in [6, 6.07) is 5.99. The first-order valence-electron chi connectivity index (χ1n) is 6.56. The Balaban J connectivity index is 2.11. The summed E-state index contributed by atoms with van der Waals surface area (Å²) >= 11 is 11.8. The van der Waals surface area contributed by atoms with Crippen LogP contribution in [-0.2, 0) is 4.79 Å². The molecule has 0 spiro atoms. The number of benzene rings is 1. The van der Waals surface area contributed by atoms with Crippen molar-refractivity contribution in [2.24, 2.45) is 0 Å². The van der Waals surface area contributed by atoms with Crippen molar-refractivity contribution >= 4 is 40.8 Å². The molecule has 1 aromatic carbocycles. The van der Waals surface area contributed by atoms with E-state index in [-0.39, 0.29) is 24.8 Å². The molecule has 1 heterocycles. The van der Waals surface area contributed by atoms with Gasteiger partial charge < -0.3 is 14.7 Å². The lowest BCUT2D eigenvalue weighted by Crippen LogP contribution is -2.38. The van der Waals surface area contributed by atoms with Crippen LogP contribution >= 0.6 is 23.2 Å². The van der Waals surface area contributed by atoms with E-state index < -0.39 is 5.91 Å². The van der Waals surface area contributed by atoms with Gasteiger partial charge in [0.2, 0.25) is 5.91 Å². The van der Waals surface area contributed by atoms with Crippen LogP contribution in [0.15, 0.2) is 47.7 Å². The fourth-order valence-electron chi connectivity index (χ4n) is 1.87. The quantitative estimate of drug-likeness (QED) is 0.808. The smallest absolute Gasteiger partial charge is 0.254 e. The molecule has 1 aromatic heterocycles. The maximum atomic E-state index is 12.5. The third-order valence-electron chi connectivity index (χ3n) is 2.79. The van der Waals surface area contributed by atoms with E-state index >= 15 is 0 Å². The van der Waals surface area contributed by atoms with Gasteiger partial charge >= 0.3 is 0 Å². The number of halogens is 2. The molecule has 0 atom stereocenters. The minimum absolute atomic E-state index is 0.179. The van der Waals surface area contributed by atoms with Gasteiger partial charge in [0.05, 0.1) is 0 Å². The van der Waals surface area contributed by atoms with Crippen molar-refractivity contribution in [1.29, 1.82) is 0 Å². The van der Waals surface area contributed by atoms with Gasteiger partial charge in [0.25, 0.3) is 5.91 Å². The molecule has 0 radical (unpaired) electrons. The number of carbonyl (C=O) groups excluding carboxylic acids is 2. The summed E-state index contributed by atoms with van der Waals surface area (Å²) in [7, 11) is 0. The van der Waals surface area contributed by atoms with E-state index in [0.29, 0.717) is 15.6 Å². The number of hydrogen-bond acceptors (Lipinski definition) is 4. The van der Waals surface area contributed by atoms with Crippen molar-refractivity contribution in [2.75, 3.05) is 18.4 Å². The predicted octanol–water partition coefficient (Wildman–Crippen LogP) is 3.25. The monoisotopic (exact) mass is 353 g/mol. The first kappa shape index (κ1) is 17.1. The van der Waals surface area contributed by atoms with Crippen LogP contribution in [0.4, 0.5) is 5.82 Å². The molecular weight excluding hydrogens is 341 g/mol. The molecule has 0 bridgehead atoms. The largest absolute Gasteiger partial charge is 0.363 e. The molecule has 0 fully saturated rings. The van der Waals surface area contributed by atoms with Crippen molar-refractivity contribution in [1.82, 2.24) is 10.1 Å². The Morgan fingerprint density at radius 2 is 2.00 bits per heavy atom. The van der Waals surface area contributed by atoms with Gasteiger partial charge in [0, 0.05) is 28.2 Å². The maximum Gasteiger partial charge on any atom is 0.254 e. The number of aromatic nitrogens is 1. The second-order valence-corrected chi connectivity index (χ2v) is 5.44. The molecule has 2 rings (SSSR count). The van der Waals surface area contributed by atoms with Gasteiger partial charge in [-0.1, -0.05) is 34.4 Å². The Morgan fingerprint density at radius 3 is 2.57 bits per heavy atom. The third kappa shape index (κ3) is 4.84. The zero-order valence-corrected chi connectivity index (χ0v) is 13.5. The molecule has 0 aliphatic heterocycles. The molecule has 0 aliphatic carbocycles. The highest BCUT2D eigenvalue weighted by Crippen LogP contribution is 2.20. The molecule has 0 saturated carbocycles. The average Bonchev–Trinajstić information content (AvgIpc) is 2.97. The maximum absolute atomic E-state index is 12.5. The fraction of sp³-hybridized carbons (Fsp3) is 0.133. The van der Waals surface area contributed by atoms with Crippen LogP contribution in [0.2, 0.25) is 10.0 Å². The number of carbonyl (C=O) groups is 2. The van der Waals surface area contributed by atoms with Gasteiger partial charge in [-0.25, -0.2) is 0 Å². The van der Waals surface area contributed by atoms with Crippen molar-refractivity contribution in [3.8, 4) is 0 Å². The van der Waals surface area contributed by atoms with E-state index in [2.05, 4.69) is 21.6 Å². The van der Waals surface area contributed by atoms with Crippen LogP contribution in [0.1, 0.15) is 10.4 Å². The minimum atomic E-state index is -0.415. The average molecular weight is 354 g/mol. The molecule has 1 N–H and O–H groups in total. The van der Waals surface area contributed by atoms with Gasteiger partial charge in [-0.15, -0.1) is 6.58 Å². The number of anilines is 1. The molecule has 2 amide bonds. The highest BCUT2D eigenvalue weighted by molar-refractivity contribution is 6.35. The summed E-state index contributed by atoms with van der Waals surface area (Å²) in [5.74, 6) is -0.529. The van der Waals surface area contributed by atoms with Crippen molar-refractivity contribution in [3.63, 3.8) is 0 Å². The molecule has 120 valence electrons. The van der Waals surface area contributed by atoms with Crippen LogP contribution in [0.3, 0.4) is 0 Å². The van der Waals surface area contributed by atoms with Crippen LogP contribution in [-0.4, -0.2) is 35.0 Å². The van der Waals surface area contributed by atoms with Gasteiger partial charge in [0.15, 0.2) is 5.82 Å². The third-order valence-corrected chi connectivity index (χ3v) is 3.22. The molecule has 0 aliphatic rings. The number of amides is 2. The topological polar surface area (TPSA) is 75.4 Å². The van der Waals surface area contributed by atoms with Crippen LogP contribution in [0.5, 0.6) is 0 Å². The second-order valence-electron chi connectivity index (χ2n) is 4.57. The lowest BCUT2D eigenvalue weighted by Gasteiger charge is -2.20. The minimum Gasteiger partial charge on any atom is -0.363 e. The van der Waals surface area contributed by atoms with E-state index in [1.165, 1.54) is 41.5 Å². The summed E-state index contributed by atoms with van der Waals surface area (Å²) in [6.07, 6.45) is 2.85. The van der Waals surface area contributed by atoms with Gasteiger partial charge in [-0.3, -0.25) is 9.59 Å². The van der Waals surface area contributed by atoms with Crippen LogP contribution in [0, 0.1) is 0 Å². The number of nitrogens with one attached hydrogen (secondary N) is 1. The van der Waals surface area contributed by atoms with Crippen LogP contribution < -0.4 is 5.32 Å². The highest BCUT2D eigenvalue weighted by Gasteiger charge is 2.19. The summed E-state index contributed by atoms with van der Waals surface area (Å²) in [5, 5.41) is 6.76.